The monoisotopic (exact) mass is 437 g/mol. The van der Waals surface area contributed by atoms with Gasteiger partial charge in [0.1, 0.15) is 0 Å². The molecule has 162 valence electrons. The number of hydrogen-bond donors (Lipinski definition) is 5. The molecule has 0 atom stereocenters. The summed E-state index contributed by atoms with van der Waals surface area (Å²) in [6.45, 7) is 3.17. The van der Waals surface area contributed by atoms with Crippen molar-refractivity contribution < 1.29 is 0 Å². The van der Waals surface area contributed by atoms with E-state index >= 15 is 0 Å². The van der Waals surface area contributed by atoms with E-state index in [9.17, 15) is 0 Å². The molecule has 1 spiro atoms. The molecule has 0 radical (unpaired) electrons. The standard InChI is InChI=1S/C23H26ClN5.H2N2/c1-2-10-28-12-8-23(9-13-28)18-14-16(24)3-5-20(18)29(11-7-22(26)27)21-6-4-17(25)15-19(21)23;1-2/h1,3-6,14-15H,7-13,25H2,(H3,26,27);1-2H. The Morgan fingerprint density at radius 1 is 1.10 bits per heavy atom. The Labute approximate surface area is 188 Å². The van der Waals surface area contributed by atoms with E-state index in [0.29, 0.717) is 19.5 Å². The number of terminal acetylenes is 1. The number of nitrogens with two attached hydrogens (primary N) is 2. The van der Waals surface area contributed by atoms with Crippen LogP contribution >= 0.6 is 11.6 Å². The Kier molecular flexibility index (Phi) is 6.84. The van der Waals surface area contributed by atoms with Gasteiger partial charge in [-0.1, -0.05) is 17.5 Å². The first kappa shape index (κ1) is 22.6. The highest BCUT2D eigenvalue weighted by Crippen LogP contribution is 2.54. The lowest BCUT2D eigenvalue weighted by molar-refractivity contribution is 0.197. The van der Waals surface area contributed by atoms with Crippen molar-refractivity contribution in [3.8, 4) is 12.3 Å². The van der Waals surface area contributed by atoms with E-state index in [1.165, 1.54) is 11.1 Å². The lowest BCUT2D eigenvalue weighted by Crippen LogP contribution is -2.46. The molecule has 4 rings (SSSR count). The van der Waals surface area contributed by atoms with E-state index < -0.39 is 0 Å². The van der Waals surface area contributed by atoms with Gasteiger partial charge < -0.3 is 16.4 Å². The van der Waals surface area contributed by atoms with Crippen LogP contribution in [0.4, 0.5) is 17.1 Å². The van der Waals surface area contributed by atoms with Gasteiger partial charge in [-0.15, -0.1) is 6.42 Å². The molecule has 1 fully saturated rings. The number of nitrogens with zero attached hydrogens (tertiary/aromatic N) is 2. The highest BCUT2D eigenvalue weighted by Gasteiger charge is 2.45. The van der Waals surface area contributed by atoms with Crippen molar-refractivity contribution in [3.05, 3.63) is 52.5 Å². The molecule has 7 nitrogen and oxygen atoms in total. The molecule has 2 aliphatic rings. The zero-order valence-corrected chi connectivity index (χ0v) is 18.2. The molecule has 2 aromatic carbocycles. The number of benzene rings is 2. The number of fused-ring (bicyclic) bond motifs is 4. The Balaban J connectivity index is 0.00000132. The van der Waals surface area contributed by atoms with Crippen LogP contribution in [0.5, 0.6) is 0 Å². The van der Waals surface area contributed by atoms with E-state index in [2.05, 4.69) is 40.0 Å². The Hall–Kier alpha value is -3.08. The largest absolute Gasteiger partial charge is 0.399 e. The third-order valence-electron chi connectivity index (χ3n) is 6.22. The average Bonchev–Trinajstić information content (AvgIpc) is 2.77. The summed E-state index contributed by atoms with van der Waals surface area (Å²) < 4.78 is 0. The number of likely N-dealkylation sites (tertiary alicyclic amines) is 1. The van der Waals surface area contributed by atoms with Crippen LogP contribution in [-0.4, -0.2) is 36.9 Å². The highest BCUT2D eigenvalue weighted by molar-refractivity contribution is 6.30. The molecule has 0 aliphatic carbocycles. The van der Waals surface area contributed by atoms with Crippen molar-refractivity contribution in [3.63, 3.8) is 0 Å². The molecule has 0 bridgehead atoms. The molecule has 0 amide bonds. The maximum atomic E-state index is 7.69. The normalized spacial score (nSPS) is 16.5. The second-order valence-electron chi connectivity index (χ2n) is 7.93. The number of nitrogens with one attached hydrogen (secondary N) is 3. The summed E-state index contributed by atoms with van der Waals surface area (Å²) in [6, 6.07) is 12.3. The fourth-order valence-corrected chi connectivity index (χ4v) is 4.98. The van der Waals surface area contributed by atoms with E-state index in [1.54, 1.807) is 0 Å². The first-order valence-electron chi connectivity index (χ1n) is 10.2. The Bertz CT molecular complexity index is 950. The number of rotatable bonds is 4. The molecular weight excluding hydrogens is 410 g/mol. The van der Waals surface area contributed by atoms with Crippen LogP contribution in [0.1, 0.15) is 30.4 Å². The van der Waals surface area contributed by atoms with E-state index in [0.717, 1.165) is 48.0 Å². The number of hydrogen-bond acceptors (Lipinski definition) is 6. The third kappa shape index (κ3) is 4.22. The van der Waals surface area contributed by atoms with Gasteiger partial charge in [-0.25, -0.2) is 11.1 Å². The second kappa shape index (κ2) is 9.38. The zero-order valence-electron chi connectivity index (χ0n) is 17.4. The predicted molar refractivity (Wildman–Crippen MR) is 127 cm³/mol. The first-order valence-corrected chi connectivity index (χ1v) is 10.5. The maximum absolute atomic E-state index is 7.69. The van der Waals surface area contributed by atoms with E-state index in [4.69, 9.17) is 46.0 Å². The molecule has 2 aliphatic heterocycles. The van der Waals surface area contributed by atoms with Crippen LogP contribution < -0.4 is 16.4 Å². The summed E-state index contributed by atoms with van der Waals surface area (Å²) in [4.78, 5) is 4.57. The summed E-state index contributed by atoms with van der Waals surface area (Å²) in [5.41, 5.74) is 27.2. The van der Waals surface area contributed by atoms with Gasteiger partial charge in [0.05, 0.1) is 12.4 Å². The van der Waals surface area contributed by atoms with Crippen molar-refractivity contribution in [1.82, 2.24) is 4.90 Å². The van der Waals surface area contributed by atoms with Crippen LogP contribution in [-0.2, 0) is 5.41 Å². The number of nitrogen functional groups attached to an aromatic ring is 1. The van der Waals surface area contributed by atoms with Crippen LogP contribution in [0.2, 0.25) is 5.02 Å². The van der Waals surface area contributed by atoms with Gasteiger partial charge in [-0.3, -0.25) is 10.3 Å². The minimum absolute atomic E-state index is 0.150. The van der Waals surface area contributed by atoms with Gasteiger partial charge in [-0.05, 0) is 60.4 Å². The topological polar surface area (TPSA) is 130 Å². The first-order chi connectivity index (χ1) is 14.9. The van der Waals surface area contributed by atoms with Crippen molar-refractivity contribution in [1.29, 1.82) is 16.5 Å². The third-order valence-corrected chi connectivity index (χ3v) is 6.46. The van der Waals surface area contributed by atoms with Crippen molar-refractivity contribution in [2.24, 2.45) is 5.73 Å². The van der Waals surface area contributed by atoms with Crippen LogP contribution in [0.25, 0.3) is 0 Å². The lowest BCUT2D eigenvalue weighted by Gasteiger charge is -2.49. The number of amidine groups is 1. The van der Waals surface area contributed by atoms with Gasteiger partial charge in [0.2, 0.25) is 0 Å². The molecule has 2 heterocycles. The van der Waals surface area contributed by atoms with E-state index in [-0.39, 0.29) is 11.3 Å². The molecule has 8 heteroatoms. The summed E-state index contributed by atoms with van der Waals surface area (Å²) in [7, 11) is 0. The zero-order chi connectivity index (χ0) is 22.6. The highest BCUT2D eigenvalue weighted by atomic mass is 35.5. The summed E-state index contributed by atoms with van der Waals surface area (Å²) in [5, 5.41) is 8.42. The quantitative estimate of drug-likeness (QED) is 0.160. The molecule has 0 aromatic heterocycles. The molecule has 7 N–H and O–H groups in total. The molecule has 0 saturated carbocycles. The number of halogens is 1. The predicted octanol–water partition coefficient (Wildman–Crippen LogP) is 4.31. The molecule has 2 aromatic rings. The smallest absolute Gasteiger partial charge is 0.0923 e. The summed E-state index contributed by atoms with van der Waals surface area (Å²) in [5.74, 6) is 2.95. The SMILES string of the molecule is C#CCN1CCC2(CC1)c1cc(N)ccc1N(CCC(=N)N)c1ccc(Cl)cc12.N=N. The van der Waals surface area contributed by atoms with Crippen LogP contribution in [0.15, 0.2) is 36.4 Å². The molecule has 31 heavy (non-hydrogen) atoms. The van der Waals surface area contributed by atoms with Crippen LogP contribution in [0.3, 0.4) is 0 Å². The average molecular weight is 438 g/mol. The van der Waals surface area contributed by atoms with Gasteiger partial charge in [0.25, 0.3) is 0 Å². The molecule has 1 saturated heterocycles. The minimum atomic E-state index is -0.150. The van der Waals surface area contributed by atoms with Crippen molar-refractivity contribution >= 4 is 34.5 Å². The van der Waals surface area contributed by atoms with Gasteiger partial charge in [-0.2, -0.15) is 0 Å². The molecule has 0 unspecified atom stereocenters. The van der Waals surface area contributed by atoms with Crippen LogP contribution in [0, 0.1) is 28.8 Å². The minimum Gasteiger partial charge on any atom is -0.399 e. The van der Waals surface area contributed by atoms with Gasteiger partial charge in [0, 0.05) is 53.6 Å². The Morgan fingerprint density at radius 2 is 1.71 bits per heavy atom. The van der Waals surface area contributed by atoms with Gasteiger partial charge >= 0.3 is 0 Å². The number of anilines is 3. The fourth-order valence-electron chi connectivity index (χ4n) is 4.81. The molecular formula is C23H28ClN7. The fraction of sp³-hybridized carbons (Fsp3) is 0.348. The van der Waals surface area contributed by atoms with Crippen molar-refractivity contribution in [2.45, 2.75) is 24.7 Å². The van der Waals surface area contributed by atoms with Crippen molar-refractivity contribution in [2.75, 3.05) is 36.8 Å². The lowest BCUT2D eigenvalue weighted by atomic mass is 9.65. The summed E-state index contributed by atoms with van der Waals surface area (Å²) >= 11 is 6.46. The maximum Gasteiger partial charge on any atom is 0.0923 e. The summed E-state index contributed by atoms with van der Waals surface area (Å²) in [6.07, 6.45) is 7.95. The van der Waals surface area contributed by atoms with Gasteiger partial charge in [0.15, 0.2) is 0 Å². The van der Waals surface area contributed by atoms with E-state index in [1.807, 2.05) is 12.1 Å². The number of piperidine rings is 1. The second-order valence-corrected chi connectivity index (χ2v) is 8.36. The Morgan fingerprint density at radius 3 is 2.32 bits per heavy atom.